The zero-order valence-corrected chi connectivity index (χ0v) is 19.7. The number of rotatable bonds is 4. The highest BCUT2D eigenvalue weighted by atomic mass is 32.2. The SMILES string of the molecule is Cc1ccc(S(=O)(=O)OC[C@]23CCC(=O)C=C2CC[C@H]2[C@H]3CC[C@@]3(C)C(=O)CC[C@H]23)cc1. The van der Waals surface area contributed by atoms with E-state index >= 15 is 0 Å². The van der Waals surface area contributed by atoms with Crippen molar-refractivity contribution in [3.05, 3.63) is 41.5 Å². The normalized spacial score (nSPS) is 36.8. The molecule has 4 aliphatic carbocycles. The molecule has 0 aromatic heterocycles. The molecule has 0 amide bonds. The van der Waals surface area contributed by atoms with Crippen LogP contribution in [0.25, 0.3) is 0 Å². The molecule has 3 saturated carbocycles. The van der Waals surface area contributed by atoms with Crippen molar-refractivity contribution in [1.82, 2.24) is 0 Å². The van der Waals surface area contributed by atoms with E-state index in [-0.39, 0.29) is 28.6 Å². The van der Waals surface area contributed by atoms with Crippen molar-refractivity contribution in [2.75, 3.05) is 6.61 Å². The summed E-state index contributed by atoms with van der Waals surface area (Å²) in [5.41, 5.74) is 1.40. The third kappa shape index (κ3) is 3.33. The van der Waals surface area contributed by atoms with Gasteiger partial charge in [0.1, 0.15) is 5.78 Å². The molecule has 0 N–H and O–H groups in total. The molecular weight excluding hydrogens is 424 g/mol. The Morgan fingerprint density at radius 3 is 2.47 bits per heavy atom. The van der Waals surface area contributed by atoms with Crippen LogP contribution in [0.3, 0.4) is 0 Å². The fourth-order valence-electron chi connectivity index (χ4n) is 7.36. The van der Waals surface area contributed by atoms with E-state index in [1.807, 2.05) is 6.92 Å². The monoisotopic (exact) mass is 456 g/mol. The summed E-state index contributed by atoms with van der Waals surface area (Å²) in [6.07, 6.45) is 7.96. The van der Waals surface area contributed by atoms with Gasteiger partial charge in [0.15, 0.2) is 5.78 Å². The first-order chi connectivity index (χ1) is 15.2. The highest BCUT2D eigenvalue weighted by Crippen LogP contribution is 2.64. The second kappa shape index (κ2) is 7.63. The summed E-state index contributed by atoms with van der Waals surface area (Å²) in [5, 5.41) is 0. The van der Waals surface area contributed by atoms with E-state index < -0.39 is 15.5 Å². The minimum atomic E-state index is -3.89. The molecular formula is C26H32O5S. The van der Waals surface area contributed by atoms with Gasteiger partial charge in [-0.3, -0.25) is 13.8 Å². The second-order valence-electron chi connectivity index (χ2n) is 10.7. The smallest absolute Gasteiger partial charge is 0.297 e. The Kier molecular flexibility index (Phi) is 5.25. The molecule has 0 saturated heterocycles. The molecule has 5 atom stereocenters. The first kappa shape index (κ1) is 22.0. The molecule has 32 heavy (non-hydrogen) atoms. The van der Waals surface area contributed by atoms with Crippen molar-refractivity contribution in [1.29, 1.82) is 0 Å². The summed E-state index contributed by atoms with van der Waals surface area (Å²) in [6, 6.07) is 6.72. The maximum Gasteiger partial charge on any atom is 0.297 e. The number of carbonyl (C=O) groups excluding carboxylic acids is 2. The lowest BCUT2D eigenvalue weighted by Crippen LogP contribution is -2.53. The predicted octanol–water partition coefficient (Wildman–Crippen LogP) is 4.78. The van der Waals surface area contributed by atoms with Crippen LogP contribution in [0.15, 0.2) is 40.8 Å². The molecule has 5 nitrogen and oxygen atoms in total. The Balaban J connectivity index is 1.47. The number of benzene rings is 1. The van der Waals surface area contributed by atoms with Crippen LogP contribution in [-0.2, 0) is 23.9 Å². The van der Waals surface area contributed by atoms with Crippen LogP contribution >= 0.6 is 0 Å². The molecule has 4 aliphatic rings. The van der Waals surface area contributed by atoms with Gasteiger partial charge in [-0.2, -0.15) is 8.42 Å². The Labute approximate surface area is 190 Å². The van der Waals surface area contributed by atoms with Gasteiger partial charge in [-0.05, 0) is 81.4 Å². The molecule has 0 spiro atoms. The van der Waals surface area contributed by atoms with E-state index in [1.165, 1.54) is 0 Å². The Morgan fingerprint density at radius 1 is 0.969 bits per heavy atom. The van der Waals surface area contributed by atoms with Crippen molar-refractivity contribution in [2.24, 2.45) is 28.6 Å². The Morgan fingerprint density at radius 2 is 1.72 bits per heavy atom. The number of ketones is 2. The van der Waals surface area contributed by atoms with Crippen molar-refractivity contribution in [2.45, 2.75) is 70.1 Å². The van der Waals surface area contributed by atoms with Gasteiger partial charge in [-0.1, -0.05) is 30.2 Å². The molecule has 0 radical (unpaired) electrons. The van der Waals surface area contributed by atoms with E-state index in [0.717, 1.165) is 43.2 Å². The predicted molar refractivity (Wildman–Crippen MR) is 120 cm³/mol. The fraction of sp³-hybridized carbons (Fsp3) is 0.615. The van der Waals surface area contributed by atoms with Gasteiger partial charge in [0.2, 0.25) is 0 Å². The quantitative estimate of drug-likeness (QED) is 0.609. The highest BCUT2D eigenvalue weighted by molar-refractivity contribution is 7.86. The molecule has 1 aromatic carbocycles. The number of carbonyl (C=O) groups is 2. The van der Waals surface area contributed by atoms with E-state index in [4.69, 9.17) is 4.18 Å². The van der Waals surface area contributed by atoms with Crippen LogP contribution in [-0.4, -0.2) is 26.6 Å². The fourth-order valence-corrected chi connectivity index (χ4v) is 8.33. The third-order valence-electron chi connectivity index (χ3n) is 9.18. The lowest BCUT2D eigenvalue weighted by atomic mass is 9.47. The summed E-state index contributed by atoms with van der Waals surface area (Å²) in [7, 11) is -3.89. The average molecular weight is 457 g/mol. The molecule has 0 heterocycles. The molecule has 0 bridgehead atoms. The summed E-state index contributed by atoms with van der Waals surface area (Å²) in [6.45, 7) is 4.14. The highest BCUT2D eigenvalue weighted by Gasteiger charge is 2.60. The van der Waals surface area contributed by atoms with Crippen LogP contribution in [0.1, 0.15) is 63.9 Å². The first-order valence-electron chi connectivity index (χ1n) is 11.9. The number of aryl methyl sites for hydroxylation is 1. The van der Waals surface area contributed by atoms with Gasteiger partial charge in [0.25, 0.3) is 10.1 Å². The zero-order chi connectivity index (χ0) is 22.7. The molecule has 0 unspecified atom stereocenters. The van der Waals surface area contributed by atoms with Gasteiger partial charge in [0.05, 0.1) is 11.5 Å². The number of hydrogen-bond acceptors (Lipinski definition) is 5. The van der Waals surface area contributed by atoms with Crippen LogP contribution in [0.4, 0.5) is 0 Å². The topological polar surface area (TPSA) is 77.5 Å². The lowest BCUT2D eigenvalue weighted by Gasteiger charge is -2.57. The van der Waals surface area contributed by atoms with Crippen LogP contribution in [0, 0.1) is 35.5 Å². The van der Waals surface area contributed by atoms with Gasteiger partial charge in [0, 0.05) is 23.7 Å². The maximum absolute atomic E-state index is 13.0. The summed E-state index contributed by atoms with van der Waals surface area (Å²) >= 11 is 0. The summed E-state index contributed by atoms with van der Waals surface area (Å²) in [5.74, 6) is 1.53. The van der Waals surface area contributed by atoms with Gasteiger partial charge in [-0.25, -0.2) is 0 Å². The standard InChI is InChI=1S/C26H32O5S/c1-17-3-6-20(7-4-17)32(29,30)31-16-26-14-11-19(27)15-18(26)5-8-21-22-9-10-24(28)25(22,2)13-12-23(21)26/h3-4,6-7,15,21-23H,5,8-14,16H2,1-2H3/t21-,22-,23-,25-,26-/m1/s1. The molecule has 1 aromatic rings. The van der Waals surface area contributed by atoms with Crippen molar-refractivity contribution < 1.29 is 22.2 Å². The van der Waals surface area contributed by atoms with Gasteiger partial charge < -0.3 is 0 Å². The minimum absolute atomic E-state index is 0.0842. The maximum atomic E-state index is 13.0. The number of hydrogen-bond donors (Lipinski definition) is 0. The van der Waals surface area contributed by atoms with Crippen LogP contribution in [0.2, 0.25) is 0 Å². The average Bonchev–Trinajstić information content (AvgIpc) is 3.07. The van der Waals surface area contributed by atoms with Crippen LogP contribution in [0.5, 0.6) is 0 Å². The molecule has 6 heteroatoms. The molecule has 3 fully saturated rings. The Bertz CT molecular complexity index is 1090. The van der Waals surface area contributed by atoms with E-state index in [9.17, 15) is 18.0 Å². The number of Topliss-reactive ketones (excluding diaryl/α,β-unsaturated/α-hetero) is 1. The first-order valence-corrected chi connectivity index (χ1v) is 13.3. The molecule has 5 rings (SSSR count). The second-order valence-corrected chi connectivity index (χ2v) is 12.3. The largest absolute Gasteiger partial charge is 0.299 e. The van der Waals surface area contributed by atoms with Crippen molar-refractivity contribution in [3.8, 4) is 0 Å². The minimum Gasteiger partial charge on any atom is -0.299 e. The lowest BCUT2D eigenvalue weighted by molar-refractivity contribution is -0.133. The van der Waals surface area contributed by atoms with Crippen molar-refractivity contribution >= 4 is 21.7 Å². The third-order valence-corrected chi connectivity index (χ3v) is 10.5. The van der Waals surface area contributed by atoms with E-state index in [0.29, 0.717) is 36.9 Å². The van der Waals surface area contributed by atoms with Gasteiger partial charge >= 0.3 is 0 Å². The van der Waals surface area contributed by atoms with Crippen LogP contribution < -0.4 is 0 Å². The molecule has 172 valence electrons. The van der Waals surface area contributed by atoms with E-state index in [1.54, 1.807) is 30.3 Å². The molecule has 0 aliphatic heterocycles. The summed E-state index contributed by atoms with van der Waals surface area (Å²) in [4.78, 5) is 25.1. The van der Waals surface area contributed by atoms with Crippen molar-refractivity contribution in [3.63, 3.8) is 0 Å². The van der Waals surface area contributed by atoms with E-state index in [2.05, 4.69) is 6.92 Å². The zero-order valence-electron chi connectivity index (χ0n) is 18.9. The summed E-state index contributed by atoms with van der Waals surface area (Å²) < 4.78 is 31.8. The number of fused-ring (bicyclic) bond motifs is 5. The van der Waals surface area contributed by atoms with Gasteiger partial charge in [-0.15, -0.1) is 0 Å². The Hall–Kier alpha value is -1.79.